The van der Waals surface area contributed by atoms with E-state index in [4.69, 9.17) is 4.74 Å². The normalized spacial score (nSPS) is 16.0. The molecule has 1 aliphatic rings. The minimum absolute atomic E-state index is 0.0956. The summed E-state index contributed by atoms with van der Waals surface area (Å²) in [5.41, 5.74) is 0.841. The second-order valence-electron chi connectivity index (χ2n) is 5.27. The van der Waals surface area contributed by atoms with E-state index in [1.165, 1.54) is 6.07 Å². The summed E-state index contributed by atoms with van der Waals surface area (Å²) in [5, 5.41) is 2.96. The molecule has 6 heteroatoms. The summed E-state index contributed by atoms with van der Waals surface area (Å²) in [6.45, 7) is 3.59. The molecule has 2 rings (SSSR count). The molecule has 1 amide bonds. The zero-order chi connectivity index (χ0) is 15.2. The van der Waals surface area contributed by atoms with Crippen LogP contribution in [0.5, 0.6) is 5.75 Å². The van der Waals surface area contributed by atoms with Crippen LogP contribution in [0.1, 0.15) is 5.56 Å². The lowest BCUT2D eigenvalue weighted by molar-refractivity contribution is -0.134. The maximum atomic E-state index is 13.8. The van der Waals surface area contributed by atoms with E-state index < -0.39 is 5.82 Å². The van der Waals surface area contributed by atoms with Crippen LogP contribution < -0.4 is 10.1 Å². The van der Waals surface area contributed by atoms with Crippen LogP contribution in [0.2, 0.25) is 0 Å². The van der Waals surface area contributed by atoms with Crippen LogP contribution >= 0.6 is 0 Å². The maximum Gasteiger partial charge on any atom is 0.260 e. The Morgan fingerprint density at radius 1 is 1.33 bits per heavy atom. The van der Waals surface area contributed by atoms with Gasteiger partial charge in [0.15, 0.2) is 18.2 Å². The Bertz CT molecular complexity index is 488. The molecule has 0 unspecified atom stereocenters. The number of piperazine rings is 1. The third kappa shape index (κ3) is 4.41. The highest BCUT2D eigenvalue weighted by atomic mass is 19.1. The summed E-state index contributed by atoms with van der Waals surface area (Å²) in [5.74, 6) is -0.409. The summed E-state index contributed by atoms with van der Waals surface area (Å²) >= 11 is 0. The smallest absolute Gasteiger partial charge is 0.260 e. The van der Waals surface area contributed by atoms with Gasteiger partial charge in [-0.15, -0.1) is 0 Å². The molecule has 0 bridgehead atoms. The highest BCUT2D eigenvalue weighted by Gasteiger charge is 2.19. The van der Waals surface area contributed by atoms with Crippen molar-refractivity contribution < 1.29 is 13.9 Å². The van der Waals surface area contributed by atoms with Gasteiger partial charge >= 0.3 is 0 Å². The fourth-order valence-electron chi connectivity index (χ4n) is 2.26. The molecule has 0 atom stereocenters. The van der Waals surface area contributed by atoms with E-state index in [-0.39, 0.29) is 18.3 Å². The molecule has 21 heavy (non-hydrogen) atoms. The number of benzene rings is 1. The van der Waals surface area contributed by atoms with Gasteiger partial charge in [0.2, 0.25) is 0 Å². The molecule has 1 aromatic rings. The number of hydrogen-bond acceptors (Lipinski definition) is 4. The van der Waals surface area contributed by atoms with Crippen molar-refractivity contribution in [3.8, 4) is 5.75 Å². The Labute approximate surface area is 124 Å². The summed E-state index contributed by atoms with van der Waals surface area (Å²) in [6.07, 6.45) is 0. The van der Waals surface area contributed by atoms with Gasteiger partial charge in [0.1, 0.15) is 0 Å². The monoisotopic (exact) mass is 295 g/mol. The standard InChI is InChI=1S/C15H22FN3O2/c1-17-10-12-3-4-14(13(16)9-12)21-11-15(20)19-7-5-18(2)6-8-19/h3-4,9,17H,5-8,10-11H2,1-2H3. The third-order valence-electron chi connectivity index (χ3n) is 3.58. The molecule has 1 saturated heterocycles. The fraction of sp³-hybridized carbons (Fsp3) is 0.533. The molecule has 1 aliphatic heterocycles. The van der Waals surface area contributed by atoms with E-state index in [1.54, 1.807) is 24.1 Å². The van der Waals surface area contributed by atoms with E-state index in [2.05, 4.69) is 10.2 Å². The number of hydrogen-bond donors (Lipinski definition) is 1. The highest BCUT2D eigenvalue weighted by Crippen LogP contribution is 2.18. The van der Waals surface area contributed by atoms with Crippen LogP contribution in [0.15, 0.2) is 18.2 Å². The second kappa shape index (κ2) is 7.38. The van der Waals surface area contributed by atoms with Crippen molar-refractivity contribution in [1.82, 2.24) is 15.1 Å². The van der Waals surface area contributed by atoms with Crippen LogP contribution in [0.25, 0.3) is 0 Å². The van der Waals surface area contributed by atoms with Crippen LogP contribution in [0, 0.1) is 5.82 Å². The van der Waals surface area contributed by atoms with Gasteiger partial charge in [-0.3, -0.25) is 4.79 Å². The SMILES string of the molecule is CNCc1ccc(OCC(=O)N2CCN(C)CC2)c(F)c1. The number of halogens is 1. The van der Waals surface area contributed by atoms with Crippen LogP contribution in [-0.2, 0) is 11.3 Å². The molecule has 116 valence electrons. The van der Waals surface area contributed by atoms with Gasteiger partial charge < -0.3 is 19.9 Å². The molecule has 5 nitrogen and oxygen atoms in total. The van der Waals surface area contributed by atoms with Gasteiger partial charge in [0, 0.05) is 32.7 Å². The molecule has 0 radical (unpaired) electrons. The molecule has 0 saturated carbocycles. The van der Waals surface area contributed by atoms with Crippen molar-refractivity contribution in [2.75, 3.05) is 46.9 Å². The van der Waals surface area contributed by atoms with Gasteiger partial charge in [-0.05, 0) is 31.8 Å². The quantitative estimate of drug-likeness (QED) is 0.868. The number of ether oxygens (including phenoxy) is 1. The first-order chi connectivity index (χ1) is 10.1. The summed E-state index contributed by atoms with van der Waals surface area (Å²) < 4.78 is 19.1. The first-order valence-corrected chi connectivity index (χ1v) is 7.12. The lowest BCUT2D eigenvalue weighted by atomic mass is 10.2. The Kier molecular flexibility index (Phi) is 5.52. The van der Waals surface area contributed by atoms with Gasteiger partial charge in [-0.25, -0.2) is 4.39 Å². The van der Waals surface area contributed by atoms with Gasteiger partial charge in [-0.2, -0.15) is 0 Å². The van der Waals surface area contributed by atoms with Crippen LogP contribution in [0.3, 0.4) is 0 Å². The summed E-state index contributed by atoms with van der Waals surface area (Å²) in [4.78, 5) is 15.9. The first kappa shape index (κ1) is 15.7. The molecule has 0 spiro atoms. The lowest BCUT2D eigenvalue weighted by Gasteiger charge is -2.32. The fourth-order valence-corrected chi connectivity index (χ4v) is 2.26. The molecule has 1 aromatic carbocycles. The van der Waals surface area contributed by atoms with Crippen LogP contribution in [0.4, 0.5) is 4.39 Å². The highest BCUT2D eigenvalue weighted by molar-refractivity contribution is 5.77. The molecule has 0 aliphatic carbocycles. The van der Waals surface area contributed by atoms with Crippen molar-refractivity contribution in [2.24, 2.45) is 0 Å². The average molecular weight is 295 g/mol. The Balaban J connectivity index is 1.86. The average Bonchev–Trinajstić information content (AvgIpc) is 2.47. The van der Waals surface area contributed by atoms with Crippen molar-refractivity contribution in [1.29, 1.82) is 0 Å². The van der Waals surface area contributed by atoms with Crippen molar-refractivity contribution in [3.05, 3.63) is 29.6 Å². The molecular weight excluding hydrogens is 273 g/mol. The zero-order valence-corrected chi connectivity index (χ0v) is 12.6. The molecule has 0 aromatic heterocycles. The maximum absolute atomic E-state index is 13.8. The number of nitrogens with one attached hydrogen (secondary N) is 1. The summed E-state index contributed by atoms with van der Waals surface area (Å²) in [7, 11) is 3.83. The number of carbonyl (C=O) groups is 1. The Hall–Kier alpha value is -1.66. The van der Waals surface area contributed by atoms with Crippen molar-refractivity contribution in [3.63, 3.8) is 0 Å². The number of carbonyl (C=O) groups excluding carboxylic acids is 1. The molecular formula is C15H22FN3O2. The minimum Gasteiger partial charge on any atom is -0.481 e. The number of amides is 1. The van der Waals surface area contributed by atoms with E-state index >= 15 is 0 Å². The van der Waals surface area contributed by atoms with Gasteiger partial charge in [0.05, 0.1) is 0 Å². The van der Waals surface area contributed by atoms with Crippen molar-refractivity contribution >= 4 is 5.91 Å². The second-order valence-corrected chi connectivity index (χ2v) is 5.27. The topological polar surface area (TPSA) is 44.8 Å². The number of rotatable bonds is 5. The molecule has 1 N–H and O–H groups in total. The van der Waals surface area contributed by atoms with E-state index in [1.807, 2.05) is 7.05 Å². The molecule has 1 fully saturated rings. The van der Waals surface area contributed by atoms with Crippen molar-refractivity contribution in [2.45, 2.75) is 6.54 Å². The molecule has 1 heterocycles. The Morgan fingerprint density at radius 3 is 2.67 bits per heavy atom. The number of nitrogens with zero attached hydrogens (tertiary/aromatic N) is 2. The van der Waals surface area contributed by atoms with Gasteiger partial charge in [-0.1, -0.05) is 6.07 Å². The predicted octanol–water partition coefficient (Wildman–Crippen LogP) is 0.698. The first-order valence-electron chi connectivity index (χ1n) is 7.12. The van der Waals surface area contributed by atoms with Crippen LogP contribution in [-0.4, -0.2) is 62.6 Å². The van der Waals surface area contributed by atoms with E-state index in [0.717, 1.165) is 18.7 Å². The largest absolute Gasteiger partial charge is 0.481 e. The minimum atomic E-state index is -0.436. The third-order valence-corrected chi connectivity index (χ3v) is 3.58. The Morgan fingerprint density at radius 2 is 2.05 bits per heavy atom. The van der Waals surface area contributed by atoms with Gasteiger partial charge in [0.25, 0.3) is 5.91 Å². The number of likely N-dealkylation sites (N-methyl/N-ethyl adjacent to an activating group) is 1. The van der Waals surface area contributed by atoms with E-state index in [0.29, 0.717) is 19.6 Å². The summed E-state index contributed by atoms with van der Waals surface area (Å²) in [6, 6.07) is 4.78. The van der Waals surface area contributed by atoms with E-state index in [9.17, 15) is 9.18 Å². The lowest BCUT2D eigenvalue weighted by Crippen LogP contribution is -2.48. The zero-order valence-electron chi connectivity index (χ0n) is 12.6. The predicted molar refractivity (Wildman–Crippen MR) is 78.7 cm³/mol.